The van der Waals surface area contributed by atoms with E-state index in [1.165, 1.54) is 0 Å². The lowest BCUT2D eigenvalue weighted by Gasteiger charge is -2.28. The number of nitrogens with one attached hydrogen (secondary N) is 7. The molecule has 1 rings (SSSR count). The van der Waals surface area contributed by atoms with E-state index in [1.807, 2.05) is 0 Å². The molecule has 0 bridgehead atoms. The van der Waals surface area contributed by atoms with Gasteiger partial charge in [0.25, 0.3) is 0 Å². The number of nitrogens with two attached hydrogens (primary N) is 2. The van der Waals surface area contributed by atoms with Gasteiger partial charge in [-0.15, -0.1) is 0 Å². The van der Waals surface area contributed by atoms with Gasteiger partial charge in [0.1, 0.15) is 24.2 Å². The molecule has 0 spiro atoms. The number of rotatable bonds is 20. The number of nitrogens with zero attached hydrogens (tertiary/aromatic N) is 1. The fourth-order valence-electron chi connectivity index (χ4n) is 4.28. The van der Waals surface area contributed by atoms with Crippen molar-refractivity contribution in [3.63, 3.8) is 0 Å². The molecule has 6 amide bonds. The molecule has 0 aromatic rings. The summed E-state index contributed by atoms with van der Waals surface area (Å²) >= 11 is 3.82. The maximum absolute atomic E-state index is 13.2. The van der Waals surface area contributed by atoms with Crippen molar-refractivity contribution >= 4 is 66.0 Å². The molecule has 14 N–H and O–H groups in total. The number of carboxylic acid groups (broad SMARTS) is 2. The lowest BCUT2D eigenvalue weighted by atomic mass is 10.1. The van der Waals surface area contributed by atoms with Gasteiger partial charge >= 0.3 is 11.9 Å². The number of thiol groups is 1. The number of likely N-dealkylation sites (tertiary alicyclic amines) is 1. The molecule has 0 radical (unpaired) electrons. The summed E-state index contributed by atoms with van der Waals surface area (Å²) in [5, 5.41) is 48.7. The Morgan fingerprint density at radius 1 is 0.894 bits per heavy atom. The Balaban J connectivity index is 2.76. The van der Waals surface area contributed by atoms with Crippen molar-refractivity contribution in [2.24, 2.45) is 11.5 Å². The summed E-state index contributed by atoms with van der Waals surface area (Å²) in [6, 6.07) is -6.77. The third kappa shape index (κ3) is 14.5. The lowest BCUT2D eigenvalue weighted by molar-refractivity contribution is -0.144. The summed E-state index contributed by atoms with van der Waals surface area (Å²) in [6.07, 6.45) is 0.172. The second kappa shape index (κ2) is 20.4. The highest BCUT2D eigenvalue weighted by atomic mass is 32.1. The van der Waals surface area contributed by atoms with Crippen molar-refractivity contribution in [1.82, 2.24) is 36.8 Å². The summed E-state index contributed by atoms with van der Waals surface area (Å²) in [7, 11) is 0. The SMILES string of the molecule is N=C(N)NCCC[C@H](N)C(=O)NCC(=O)N[C@@H](CC(=O)O)C(=O)N[C@@H](CO)C(=O)N1CCC[C@H]1C(=O)NCC(=O)N[C@@H](CS)C(=O)O. The molecule has 0 saturated carbocycles. The first-order chi connectivity index (χ1) is 22.1. The smallest absolute Gasteiger partial charge is 0.327 e. The van der Waals surface area contributed by atoms with Crippen LogP contribution in [0.15, 0.2) is 0 Å². The van der Waals surface area contributed by atoms with Gasteiger partial charge in [-0.2, -0.15) is 12.6 Å². The number of aliphatic hydroxyl groups is 1. The van der Waals surface area contributed by atoms with Crippen molar-refractivity contribution in [3.05, 3.63) is 0 Å². The monoisotopic (exact) mass is 690 g/mol. The van der Waals surface area contributed by atoms with Crippen LogP contribution in [0.25, 0.3) is 0 Å². The lowest BCUT2D eigenvalue weighted by Crippen LogP contribution is -2.58. The van der Waals surface area contributed by atoms with Gasteiger partial charge in [-0.25, -0.2) is 4.79 Å². The van der Waals surface area contributed by atoms with Crippen LogP contribution in [0.1, 0.15) is 32.1 Å². The maximum atomic E-state index is 13.2. The number of hydrogen-bond donors (Lipinski definition) is 13. The van der Waals surface area contributed by atoms with Crippen molar-refractivity contribution in [3.8, 4) is 0 Å². The number of carbonyl (C=O) groups excluding carboxylic acids is 6. The van der Waals surface area contributed by atoms with E-state index in [0.29, 0.717) is 12.8 Å². The van der Waals surface area contributed by atoms with E-state index in [4.69, 9.17) is 22.0 Å². The minimum Gasteiger partial charge on any atom is -0.481 e. The van der Waals surface area contributed by atoms with E-state index in [0.717, 1.165) is 4.90 Å². The number of amides is 6. The van der Waals surface area contributed by atoms with Gasteiger partial charge in [-0.1, -0.05) is 0 Å². The first kappa shape index (κ1) is 40.3. The van der Waals surface area contributed by atoms with E-state index < -0.39 is 104 Å². The molecule has 264 valence electrons. The van der Waals surface area contributed by atoms with Crippen LogP contribution < -0.4 is 43.4 Å². The van der Waals surface area contributed by atoms with Crippen LogP contribution in [0.2, 0.25) is 0 Å². The zero-order chi connectivity index (χ0) is 35.7. The number of carbonyl (C=O) groups is 8. The van der Waals surface area contributed by atoms with Gasteiger partial charge in [0.2, 0.25) is 35.4 Å². The molecular weight excluding hydrogens is 648 g/mol. The van der Waals surface area contributed by atoms with Gasteiger partial charge in [0.15, 0.2) is 5.96 Å². The van der Waals surface area contributed by atoms with E-state index in [9.17, 15) is 48.6 Å². The van der Waals surface area contributed by atoms with Crippen LogP contribution in [0, 0.1) is 5.41 Å². The Bertz CT molecular complexity index is 1190. The van der Waals surface area contributed by atoms with Crippen LogP contribution in [0.3, 0.4) is 0 Å². The summed E-state index contributed by atoms with van der Waals surface area (Å²) in [5.41, 5.74) is 10.9. The Morgan fingerprint density at radius 3 is 2.06 bits per heavy atom. The molecule has 47 heavy (non-hydrogen) atoms. The number of aliphatic hydroxyl groups excluding tert-OH is 1. The molecule has 0 aliphatic carbocycles. The van der Waals surface area contributed by atoms with Crippen LogP contribution >= 0.6 is 12.6 Å². The molecule has 0 aromatic heterocycles. The predicted molar refractivity (Wildman–Crippen MR) is 165 cm³/mol. The molecule has 22 heteroatoms. The summed E-state index contributed by atoms with van der Waals surface area (Å²) in [4.78, 5) is 99.0. The number of aliphatic carboxylic acids is 2. The topological polar surface area (TPSA) is 349 Å². The van der Waals surface area contributed by atoms with Crippen LogP contribution in [-0.2, 0) is 38.4 Å². The van der Waals surface area contributed by atoms with E-state index >= 15 is 0 Å². The van der Waals surface area contributed by atoms with Gasteiger partial charge in [0, 0.05) is 18.8 Å². The number of guanidine groups is 1. The van der Waals surface area contributed by atoms with Crippen molar-refractivity contribution in [1.29, 1.82) is 5.41 Å². The van der Waals surface area contributed by atoms with Crippen LogP contribution in [0.4, 0.5) is 0 Å². The molecule has 0 aromatic carbocycles. The molecule has 21 nitrogen and oxygen atoms in total. The highest BCUT2D eigenvalue weighted by Crippen LogP contribution is 2.18. The van der Waals surface area contributed by atoms with Gasteiger partial charge in [-0.05, 0) is 25.7 Å². The Hall–Kier alpha value is -4.70. The highest BCUT2D eigenvalue weighted by Gasteiger charge is 2.38. The molecule has 1 aliphatic heterocycles. The Labute approximate surface area is 274 Å². The highest BCUT2D eigenvalue weighted by molar-refractivity contribution is 7.80. The largest absolute Gasteiger partial charge is 0.481 e. The van der Waals surface area contributed by atoms with E-state index in [1.54, 1.807) is 0 Å². The quantitative estimate of drug-likeness (QED) is 0.0245. The third-order valence-corrected chi connectivity index (χ3v) is 7.04. The Kier molecular flexibility index (Phi) is 17.5. The fourth-order valence-corrected chi connectivity index (χ4v) is 4.53. The van der Waals surface area contributed by atoms with Crippen molar-refractivity contribution < 1.29 is 53.7 Å². The molecule has 1 saturated heterocycles. The van der Waals surface area contributed by atoms with E-state index in [2.05, 4.69) is 44.5 Å². The molecule has 5 atom stereocenters. The zero-order valence-electron chi connectivity index (χ0n) is 25.3. The summed E-state index contributed by atoms with van der Waals surface area (Å²) in [5.74, 6) is -8.55. The first-order valence-electron chi connectivity index (χ1n) is 14.4. The van der Waals surface area contributed by atoms with Crippen LogP contribution in [0.5, 0.6) is 0 Å². The average Bonchev–Trinajstić information content (AvgIpc) is 3.51. The molecule has 0 unspecified atom stereocenters. The standard InChI is InChI=1S/C25H42N10O11S/c26-12(3-1-5-29-25(27)28)20(41)30-8-17(37)32-13(7-19(39)40)21(42)34-14(10-36)23(44)35-6-2-4-16(35)22(43)31-9-18(38)33-15(11-47)24(45)46/h12-16,36,47H,1-11,26H2,(H,30,41)(H,31,43)(H,32,37)(H,33,38)(H,34,42)(H,39,40)(H,45,46)(H4,27,28,29)/t12-,13-,14-,15-,16-/m0/s1. The first-order valence-corrected chi connectivity index (χ1v) is 15.0. The predicted octanol–water partition coefficient (Wildman–Crippen LogP) is -6.26. The molecular formula is C25H42N10O11S. The molecule has 1 fully saturated rings. The summed E-state index contributed by atoms with van der Waals surface area (Å²) in [6.45, 7) is -1.89. The Morgan fingerprint density at radius 2 is 1.51 bits per heavy atom. The minimum absolute atomic E-state index is 0.0423. The van der Waals surface area contributed by atoms with E-state index in [-0.39, 0.29) is 37.6 Å². The third-order valence-electron chi connectivity index (χ3n) is 6.67. The van der Waals surface area contributed by atoms with Gasteiger partial charge < -0.3 is 63.6 Å². The van der Waals surface area contributed by atoms with Gasteiger partial charge in [0.05, 0.1) is 32.2 Å². The summed E-state index contributed by atoms with van der Waals surface area (Å²) < 4.78 is 0. The van der Waals surface area contributed by atoms with Crippen molar-refractivity contribution in [2.45, 2.75) is 62.3 Å². The normalized spacial score (nSPS) is 16.4. The average molecular weight is 691 g/mol. The maximum Gasteiger partial charge on any atom is 0.327 e. The van der Waals surface area contributed by atoms with Crippen LogP contribution in [-0.4, -0.2) is 142 Å². The van der Waals surface area contributed by atoms with Crippen molar-refractivity contribution in [2.75, 3.05) is 38.5 Å². The molecule has 1 aliphatic rings. The molecule has 1 heterocycles. The zero-order valence-corrected chi connectivity index (χ0v) is 26.2. The number of carboxylic acids is 2. The minimum atomic E-state index is -1.73. The fraction of sp³-hybridized carbons (Fsp3) is 0.640. The number of hydrogen-bond acceptors (Lipinski definition) is 12. The van der Waals surface area contributed by atoms with Gasteiger partial charge in [-0.3, -0.25) is 39.0 Å². The second-order valence-corrected chi connectivity index (χ2v) is 10.7. The second-order valence-electron chi connectivity index (χ2n) is 10.3.